The first-order valence-corrected chi connectivity index (χ1v) is 10.6. The van der Waals surface area contributed by atoms with Gasteiger partial charge in [0.25, 0.3) is 0 Å². The van der Waals surface area contributed by atoms with Gasteiger partial charge in [0.1, 0.15) is 5.82 Å². The molecule has 4 nitrogen and oxygen atoms in total. The number of rotatable bonds is 5. The number of nitrogens with one attached hydrogen (secondary N) is 1. The molecule has 0 saturated carbocycles. The minimum atomic E-state index is -0.362. The number of aliphatic imine (C=N–C) groups is 1. The molecule has 0 atom stereocenters. The van der Waals surface area contributed by atoms with E-state index in [1.54, 1.807) is 6.07 Å². The predicted molar refractivity (Wildman–Crippen MR) is 128 cm³/mol. The van der Waals surface area contributed by atoms with Crippen LogP contribution in [0.15, 0.2) is 71.7 Å². The Morgan fingerprint density at radius 3 is 2.53 bits per heavy atom. The van der Waals surface area contributed by atoms with Gasteiger partial charge >= 0.3 is 0 Å². The van der Waals surface area contributed by atoms with Crippen LogP contribution < -0.4 is 0 Å². The topological polar surface area (TPSA) is 51.6 Å². The summed E-state index contributed by atoms with van der Waals surface area (Å²) in [5.74, 6) is -0.392. The molecule has 0 aliphatic rings. The highest BCUT2D eigenvalue weighted by atomic mass is 127. The molecular formula is C24H21FIN3O. The number of aromatic hydroxyl groups is 1. The van der Waals surface area contributed by atoms with E-state index in [1.807, 2.05) is 50.5 Å². The minimum Gasteiger partial charge on any atom is -0.494 e. The number of nitrogens with zero attached hydrogens (tertiary/aromatic N) is 2. The van der Waals surface area contributed by atoms with E-state index >= 15 is 0 Å². The monoisotopic (exact) mass is 513 g/mol. The van der Waals surface area contributed by atoms with Crippen LogP contribution in [0, 0.1) is 9.39 Å². The predicted octanol–water partition coefficient (Wildman–Crippen LogP) is 5.85. The van der Waals surface area contributed by atoms with Gasteiger partial charge in [-0.2, -0.15) is 0 Å². The number of H-pyrrole nitrogens is 1. The van der Waals surface area contributed by atoms with Crippen LogP contribution in [-0.4, -0.2) is 34.8 Å². The minimum absolute atomic E-state index is 0.0301. The maximum absolute atomic E-state index is 13.7. The van der Waals surface area contributed by atoms with Gasteiger partial charge in [-0.05, 0) is 84.7 Å². The van der Waals surface area contributed by atoms with Gasteiger partial charge in [0.2, 0.25) is 0 Å². The summed E-state index contributed by atoms with van der Waals surface area (Å²) in [4.78, 5) is 9.88. The van der Waals surface area contributed by atoms with Gasteiger partial charge in [0.05, 0.1) is 22.5 Å². The van der Waals surface area contributed by atoms with Gasteiger partial charge in [-0.15, -0.1) is 0 Å². The Kier molecular flexibility index (Phi) is 5.87. The van der Waals surface area contributed by atoms with Gasteiger partial charge in [0.15, 0.2) is 5.88 Å². The van der Waals surface area contributed by atoms with Crippen LogP contribution in [0.25, 0.3) is 10.9 Å². The number of benzene rings is 3. The van der Waals surface area contributed by atoms with Gasteiger partial charge in [-0.3, -0.25) is 0 Å². The van der Waals surface area contributed by atoms with Crippen molar-refractivity contribution in [3.05, 3.63) is 92.8 Å². The molecule has 0 spiro atoms. The van der Waals surface area contributed by atoms with Crippen LogP contribution in [0.1, 0.15) is 16.7 Å². The molecule has 0 unspecified atom stereocenters. The average molecular weight is 513 g/mol. The molecule has 0 bridgehead atoms. The number of aromatic amines is 1. The molecule has 3 aromatic carbocycles. The maximum Gasteiger partial charge on any atom is 0.199 e. The van der Waals surface area contributed by atoms with Crippen molar-refractivity contribution in [2.45, 2.75) is 6.54 Å². The molecule has 4 rings (SSSR count). The number of hydrogen-bond acceptors (Lipinski definition) is 3. The second kappa shape index (κ2) is 8.57. The Morgan fingerprint density at radius 2 is 1.83 bits per heavy atom. The van der Waals surface area contributed by atoms with Crippen molar-refractivity contribution in [1.29, 1.82) is 0 Å². The van der Waals surface area contributed by atoms with Gasteiger partial charge < -0.3 is 15.0 Å². The lowest BCUT2D eigenvalue weighted by Gasteiger charge is -2.11. The first-order valence-electron chi connectivity index (χ1n) is 9.49. The van der Waals surface area contributed by atoms with Crippen molar-refractivity contribution in [3.8, 4) is 5.88 Å². The Balaban J connectivity index is 1.88. The van der Waals surface area contributed by atoms with Gasteiger partial charge in [-0.25, -0.2) is 9.38 Å². The molecule has 152 valence electrons. The lowest BCUT2D eigenvalue weighted by Crippen LogP contribution is -2.10. The zero-order valence-electron chi connectivity index (χ0n) is 16.7. The third kappa shape index (κ3) is 4.39. The molecule has 1 aromatic heterocycles. The zero-order valence-corrected chi connectivity index (χ0v) is 18.8. The second-order valence-corrected chi connectivity index (χ2v) is 8.66. The second-order valence-electron chi connectivity index (χ2n) is 7.41. The van der Waals surface area contributed by atoms with Crippen LogP contribution in [0.2, 0.25) is 0 Å². The maximum atomic E-state index is 13.7. The molecule has 1 heterocycles. The van der Waals surface area contributed by atoms with Crippen LogP contribution in [0.4, 0.5) is 10.1 Å². The van der Waals surface area contributed by atoms with E-state index in [-0.39, 0.29) is 11.7 Å². The summed E-state index contributed by atoms with van der Waals surface area (Å²) in [5.41, 5.74) is 4.57. The summed E-state index contributed by atoms with van der Waals surface area (Å²) in [5, 5.41) is 11.4. The van der Waals surface area contributed by atoms with E-state index in [9.17, 15) is 9.50 Å². The normalized spacial score (nSPS) is 12.1. The van der Waals surface area contributed by atoms with Crippen molar-refractivity contribution < 1.29 is 9.50 Å². The molecule has 2 N–H and O–H groups in total. The fraction of sp³-hybridized carbons (Fsp3) is 0.125. The molecule has 30 heavy (non-hydrogen) atoms. The fourth-order valence-corrected chi connectivity index (χ4v) is 4.01. The number of fused-ring (bicyclic) bond motifs is 1. The van der Waals surface area contributed by atoms with Gasteiger partial charge in [-0.1, -0.05) is 24.3 Å². The van der Waals surface area contributed by atoms with Gasteiger partial charge in [0, 0.05) is 21.1 Å². The van der Waals surface area contributed by atoms with E-state index in [2.05, 4.69) is 44.6 Å². The van der Waals surface area contributed by atoms with Crippen LogP contribution in [0.5, 0.6) is 5.88 Å². The molecule has 0 aliphatic heterocycles. The lowest BCUT2D eigenvalue weighted by atomic mass is 10.0. The summed E-state index contributed by atoms with van der Waals surface area (Å²) in [6.45, 7) is 0.850. The third-order valence-electron chi connectivity index (χ3n) is 4.75. The Hall–Kier alpha value is -2.71. The van der Waals surface area contributed by atoms with E-state index in [0.29, 0.717) is 16.8 Å². The van der Waals surface area contributed by atoms with E-state index in [0.717, 1.165) is 26.8 Å². The number of aromatic nitrogens is 1. The smallest absolute Gasteiger partial charge is 0.199 e. The Morgan fingerprint density at radius 1 is 1.07 bits per heavy atom. The van der Waals surface area contributed by atoms with Crippen molar-refractivity contribution in [2.24, 2.45) is 4.99 Å². The Labute approximate surface area is 188 Å². The highest BCUT2D eigenvalue weighted by Gasteiger charge is 2.19. The highest BCUT2D eigenvalue weighted by Crippen LogP contribution is 2.32. The number of halogens is 2. The van der Waals surface area contributed by atoms with Crippen molar-refractivity contribution in [1.82, 2.24) is 9.88 Å². The van der Waals surface area contributed by atoms with E-state index < -0.39 is 0 Å². The lowest BCUT2D eigenvalue weighted by molar-refractivity contribution is 0.402. The summed E-state index contributed by atoms with van der Waals surface area (Å²) < 4.78 is 14.8. The molecule has 0 radical (unpaired) electrons. The number of hydrogen-bond donors (Lipinski definition) is 2. The van der Waals surface area contributed by atoms with Crippen molar-refractivity contribution in [3.63, 3.8) is 0 Å². The van der Waals surface area contributed by atoms with Crippen molar-refractivity contribution in [2.75, 3.05) is 14.1 Å². The first kappa shape index (κ1) is 20.6. The SMILES string of the molecule is CN(C)Cc1ccc(N=C(c2cccc(I)c2)c2c(O)[nH]c3cc(F)ccc23)cc1. The van der Waals surface area contributed by atoms with Crippen LogP contribution in [-0.2, 0) is 6.54 Å². The summed E-state index contributed by atoms with van der Waals surface area (Å²) in [6.07, 6.45) is 0. The zero-order chi connectivity index (χ0) is 21.3. The molecule has 0 amide bonds. The standard InChI is InChI=1S/C24H21FIN3O/c1-29(2)14-15-6-9-19(10-7-15)27-23(16-4-3-5-18(26)12-16)22-20-11-8-17(25)13-21(20)28-24(22)30/h3-13,28,30H,14H2,1-2H3. The average Bonchev–Trinajstić information content (AvgIpc) is 3.01. The molecule has 6 heteroatoms. The summed E-state index contributed by atoms with van der Waals surface area (Å²) in [7, 11) is 4.06. The quantitative estimate of drug-likeness (QED) is 0.260. The molecular weight excluding hydrogens is 492 g/mol. The van der Waals surface area contributed by atoms with E-state index in [4.69, 9.17) is 4.99 Å². The van der Waals surface area contributed by atoms with Crippen molar-refractivity contribution >= 4 is 44.9 Å². The summed E-state index contributed by atoms with van der Waals surface area (Å²) in [6, 6.07) is 20.4. The summed E-state index contributed by atoms with van der Waals surface area (Å²) >= 11 is 2.25. The highest BCUT2D eigenvalue weighted by molar-refractivity contribution is 14.1. The third-order valence-corrected chi connectivity index (χ3v) is 5.42. The molecule has 0 fully saturated rings. The van der Waals surface area contributed by atoms with Crippen LogP contribution >= 0.6 is 22.6 Å². The van der Waals surface area contributed by atoms with Crippen LogP contribution in [0.3, 0.4) is 0 Å². The molecule has 0 aliphatic carbocycles. The molecule has 0 saturated heterocycles. The van der Waals surface area contributed by atoms with E-state index in [1.165, 1.54) is 17.7 Å². The largest absolute Gasteiger partial charge is 0.494 e. The fourth-order valence-electron chi connectivity index (χ4n) is 3.47. The Bertz CT molecular complexity index is 1230. The molecule has 4 aromatic rings. The first-order chi connectivity index (χ1) is 14.4.